The minimum Gasteiger partial charge on any atom is -0.381 e. The molecule has 0 radical (unpaired) electrons. The molecule has 2 N–H and O–H groups in total. The number of ether oxygens (including phenoxy) is 1. The van der Waals surface area contributed by atoms with Gasteiger partial charge in [0, 0.05) is 32.8 Å². The van der Waals surface area contributed by atoms with Gasteiger partial charge in [0.05, 0.1) is 5.41 Å². The van der Waals surface area contributed by atoms with Crippen LogP contribution in [-0.4, -0.2) is 43.7 Å². The fourth-order valence-electron chi connectivity index (χ4n) is 2.26. The van der Waals surface area contributed by atoms with Crippen LogP contribution >= 0.6 is 0 Å². The summed E-state index contributed by atoms with van der Waals surface area (Å²) < 4.78 is 5.33. The summed E-state index contributed by atoms with van der Waals surface area (Å²) in [4.78, 5) is 14.4. The maximum atomic E-state index is 12.6. The standard InChI is InChI=1S/C13H24N2O2/c1-4-15(9-11(2)3)12(16)13(10-14)5-7-17-8-6-13/h2,4-10,14H2,1,3H3. The number of nitrogens with zero attached hydrogens (tertiary/aromatic N) is 1. The van der Waals surface area contributed by atoms with Crippen molar-refractivity contribution in [3.8, 4) is 0 Å². The van der Waals surface area contributed by atoms with Crippen molar-refractivity contribution >= 4 is 5.91 Å². The molecule has 4 nitrogen and oxygen atoms in total. The molecule has 1 aliphatic rings. The second-order valence-corrected chi connectivity index (χ2v) is 4.87. The van der Waals surface area contributed by atoms with E-state index in [9.17, 15) is 4.79 Å². The second-order valence-electron chi connectivity index (χ2n) is 4.87. The number of rotatable bonds is 5. The summed E-state index contributed by atoms with van der Waals surface area (Å²) in [5, 5.41) is 0. The van der Waals surface area contributed by atoms with E-state index in [0.29, 0.717) is 32.8 Å². The molecular formula is C13H24N2O2. The fourth-order valence-corrected chi connectivity index (χ4v) is 2.26. The minimum atomic E-state index is -0.413. The van der Waals surface area contributed by atoms with E-state index >= 15 is 0 Å². The number of nitrogens with two attached hydrogens (primary N) is 1. The van der Waals surface area contributed by atoms with Crippen LogP contribution in [0, 0.1) is 5.41 Å². The lowest BCUT2D eigenvalue weighted by Gasteiger charge is -2.38. The Kier molecular flexibility index (Phi) is 5.15. The monoisotopic (exact) mass is 240 g/mol. The largest absolute Gasteiger partial charge is 0.381 e. The summed E-state index contributed by atoms with van der Waals surface area (Å²) in [6, 6.07) is 0. The van der Waals surface area contributed by atoms with E-state index in [-0.39, 0.29) is 5.91 Å². The number of likely N-dealkylation sites (N-methyl/N-ethyl adjacent to an activating group) is 1. The van der Waals surface area contributed by atoms with Crippen molar-refractivity contribution in [2.75, 3.05) is 32.8 Å². The fraction of sp³-hybridized carbons (Fsp3) is 0.769. The molecule has 0 spiro atoms. The summed E-state index contributed by atoms with van der Waals surface area (Å²) in [6.07, 6.45) is 1.46. The van der Waals surface area contributed by atoms with Crippen LogP contribution < -0.4 is 5.73 Å². The van der Waals surface area contributed by atoms with Gasteiger partial charge in [-0.25, -0.2) is 0 Å². The molecule has 0 atom stereocenters. The Bertz CT molecular complexity index is 283. The van der Waals surface area contributed by atoms with Gasteiger partial charge in [0.15, 0.2) is 0 Å². The molecule has 17 heavy (non-hydrogen) atoms. The zero-order valence-corrected chi connectivity index (χ0v) is 11.0. The number of carbonyl (C=O) groups excluding carboxylic acids is 1. The highest BCUT2D eigenvalue weighted by atomic mass is 16.5. The molecule has 0 bridgehead atoms. The number of hydrogen-bond acceptors (Lipinski definition) is 3. The smallest absolute Gasteiger partial charge is 0.230 e. The second kappa shape index (κ2) is 6.17. The predicted octanol–water partition coefficient (Wildman–Crippen LogP) is 1.17. The Balaban J connectivity index is 2.78. The lowest BCUT2D eigenvalue weighted by Crippen LogP contribution is -2.51. The van der Waals surface area contributed by atoms with Gasteiger partial charge >= 0.3 is 0 Å². The maximum Gasteiger partial charge on any atom is 0.230 e. The van der Waals surface area contributed by atoms with Crippen LogP contribution in [0.5, 0.6) is 0 Å². The normalized spacial score (nSPS) is 18.8. The molecule has 0 saturated carbocycles. The van der Waals surface area contributed by atoms with Gasteiger partial charge in [0.1, 0.15) is 0 Å². The molecule has 0 aromatic carbocycles. The molecule has 1 fully saturated rings. The summed E-state index contributed by atoms with van der Waals surface area (Å²) >= 11 is 0. The van der Waals surface area contributed by atoms with E-state index in [0.717, 1.165) is 18.4 Å². The molecule has 0 aliphatic carbocycles. The molecule has 4 heteroatoms. The molecule has 0 unspecified atom stereocenters. The topological polar surface area (TPSA) is 55.6 Å². The SMILES string of the molecule is C=C(C)CN(CC)C(=O)C1(CN)CCOCC1. The Morgan fingerprint density at radius 1 is 1.47 bits per heavy atom. The first-order valence-electron chi connectivity index (χ1n) is 6.27. The number of hydrogen-bond donors (Lipinski definition) is 1. The third kappa shape index (κ3) is 3.30. The van der Waals surface area contributed by atoms with Crippen LogP contribution in [0.2, 0.25) is 0 Å². The first kappa shape index (κ1) is 14.2. The Morgan fingerprint density at radius 2 is 2.06 bits per heavy atom. The van der Waals surface area contributed by atoms with Crippen molar-refractivity contribution in [3.63, 3.8) is 0 Å². The van der Waals surface area contributed by atoms with E-state index in [1.807, 2.05) is 18.7 Å². The maximum absolute atomic E-state index is 12.6. The van der Waals surface area contributed by atoms with Gasteiger partial charge in [-0.3, -0.25) is 4.79 Å². The van der Waals surface area contributed by atoms with E-state index in [4.69, 9.17) is 10.5 Å². The van der Waals surface area contributed by atoms with Crippen molar-refractivity contribution in [1.82, 2.24) is 4.90 Å². The molecular weight excluding hydrogens is 216 g/mol. The Labute approximate surface area is 104 Å². The summed E-state index contributed by atoms with van der Waals surface area (Å²) in [5.74, 6) is 0.161. The molecule has 98 valence electrons. The third-order valence-electron chi connectivity index (χ3n) is 3.42. The van der Waals surface area contributed by atoms with Gasteiger partial charge in [-0.15, -0.1) is 0 Å². The zero-order valence-electron chi connectivity index (χ0n) is 11.0. The van der Waals surface area contributed by atoms with Gasteiger partial charge in [0.2, 0.25) is 5.91 Å². The lowest BCUT2D eigenvalue weighted by molar-refractivity contribution is -0.146. The van der Waals surface area contributed by atoms with Gasteiger partial charge in [0.25, 0.3) is 0 Å². The van der Waals surface area contributed by atoms with Crippen LogP contribution in [0.3, 0.4) is 0 Å². The van der Waals surface area contributed by atoms with Crippen molar-refractivity contribution in [3.05, 3.63) is 12.2 Å². The quantitative estimate of drug-likeness (QED) is 0.734. The van der Waals surface area contributed by atoms with E-state index in [1.165, 1.54) is 0 Å². The molecule has 0 aromatic rings. The van der Waals surface area contributed by atoms with Crippen molar-refractivity contribution in [2.45, 2.75) is 26.7 Å². The highest BCUT2D eigenvalue weighted by Crippen LogP contribution is 2.31. The van der Waals surface area contributed by atoms with Crippen LogP contribution in [0.15, 0.2) is 12.2 Å². The van der Waals surface area contributed by atoms with E-state index in [1.54, 1.807) is 0 Å². The molecule has 1 amide bonds. The highest BCUT2D eigenvalue weighted by Gasteiger charge is 2.40. The highest BCUT2D eigenvalue weighted by molar-refractivity contribution is 5.83. The zero-order chi connectivity index (χ0) is 12.9. The molecule has 1 heterocycles. The van der Waals surface area contributed by atoms with Crippen molar-refractivity contribution < 1.29 is 9.53 Å². The molecule has 1 rings (SSSR count). The molecule has 0 aromatic heterocycles. The first-order valence-corrected chi connectivity index (χ1v) is 6.27. The average Bonchev–Trinajstić information content (AvgIpc) is 2.35. The van der Waals surface area contributed by atoms with E-state index in [2.05, 4.69) is 6.58 Å². The van der Waals surface area contributed by atoms with Crippen LogP contribution in [0.1, 0.15) is 26.7 Å². The molecule has 1 aliphatic heterocycles. The Morgan fingerprint density at radius 3 is 2.47 bits per heavy atom. The summed E-state index contributed by atoms with van der Waals surface area (Å²) in [7, 11) is 0. The van der Waals surface area contributed by atoms with Crippen molar-refractivity contribution in [1.29, 1.82) is 0 Å². The van der Waals surface area contributed by atoms with Crippen LogP contribution in [-0.2, 0) is 9.53 Å². The average molecular weight is 240 g/mol. The van der Waals surface area contributed by atoms with Gasteiger partial charge < -0.3 is 15.4 Å². The van der Waals surface area contributed by atoms with Crippen LogP contribution in [0.25, 0.3) is 0 Å². The molecule has 1 saturated heterocycles. The predicted molar refractivity (Wildman–Crippen MR) is 68.6 cm³/mol. The van der Waals surface area contributed by atoms with Gasteiger partial charge in [-0.2, -0.15) is 0 Å². The lowest BCUT2D eigenvalue weighted by atomic mass is 9.78. The van der Waals surface area contributed by atoms with Gasteiger partial charge in [-0.1, -0.05) is 12.2 Å². The number of amides is 1. The van der Waals surface area contributed by atoms with Gasteiger partial charge in [-0.05, 0) is 26.7 Å². The summed E-state index contributed by atoms with van der Waals surface area (Å²) in [5.41, 5.74) is 6.42. The van der Waals surface area contributed by atoms with Crippen molar-refractivity contribution in [2.24, 2.45) is 11.1 Å². The van der Waals surface area contributed by atoms with E-state index < -0.39 is 5.41 Å². The minimum absolute atomic E-state index is 0.161. The van der Waals surface area contributed by atoms with Crippen LogP contribution in [0.4, 0.5) is 0 Å². The Hall–Kier alpha value is -0.870. The number of carbonyl (C=O) groups is 1. The first-order chi connectivity index (χ1) is 8.05. The summed E-state index contributed by atoms with van der Waals surface area (Å²) in [6.45, 7) is 10.8. The third-order valence-corrected chi connectivity index (χ3v) is 3.42.